The van der Waals surface area contributed by atoms with Crippen LogP contribution in [0.5, 0.6) is 11.5 Å². The second-order valence-corrected chi connectivity index (χ2v) is 7.55. The fourth-order valence-corrected chi connectivity index (χ4v) is 3.66. The summed E-state index contributed by atoms with van der Waals surface area (Å²) in [7, 11) is 0. The molecule has 1 aliphatic rings. The van der Waals surface area contributed by atoms with Crippen molar-refractivity contribution in [1.82, 2.24) is 24.9 Å². The molecule has 9 nitrogen and oxygen atoms in total. The number of ether oxygens (including phenoxy) is 2. The van der Waals surface area contributed by atoms with Crippen LogP contribution in [-0.2, 0) is 11.3 Å². The molecule has 146 valence electrons. The number of hydrogen-bond acceptors (Lipinski definition) is 7. The minimum absolute atomic E-state index is 0.111. The molecule has 2 aromatic heterocycles. The Morgan fingerprint density at radius 3 is 2.93 bits per heavy atom. The van der Waals surface area contributed by atoms with Crippen LogP contribution < -0.4 is 20.3 Å². The van der Waals surface area contributed by atoms with Gasteiger partial charge in [0.25, 0.3) is 5.56 Å². The molecule has 3 heterocycles. The van der Waals surface area contributed by atoms with Crippen LogP contribution in [0.3, 0.4) is 0 Å². The molecule has 0 aliphatic carbocycles. The molecule has 0 saturated carbocycles. The second-order valence-electron chi connectivity index (χ2n) is 6.61. The van der Waals surface area contributed by atoms with Gasteiger partial charge >= 0.3 is 0 Å². The van der Waals surface area contributed by atoms with Gasteiger partial charge in [0.2, 0.25) is 18.5 Å². The fraction of sp³-hybridized carbons (Fsp3) is 0.333. The molecule has 0 bridgehead atoms. The number of nitrogens with one attached hydrogen (secondary N) is 2. The number of aromatic nitrogens is 4. The van der Waals surface area contributed by atoms with Crippen molar-refractivity contribution < 1.29 is 14.3 Å². The zero-order valence-corrected chi connectivity index (χ0v) is 16.2. The first-order valence-corrected chi connectivity index (χ1v) is 9.76. The lowest BCUT2D eigenvalue weighted by molar-refractivity contribution is -0.118. The van der Waals surface area contributed by atoms with E-state index in [1.54, 1.807) is 4.40 Å². The minimum Gasteiger partial charge on any atom is -0.454 e. The van der Waals surface area contributed by atoms with E-state index in [0.29, 0.717) is 29.0 Å². The van der Waals surface area contributed by atoms with Crippen molar-refractivity contribution in [2.75, 3.05) is 12.5 Å². The molecule has 0 radical (unpaired) electrons. The number of hydrogen-bond donors (Lipinski definition) is 2. The van der Waals surface area contributed by atoms with Crippen LogP contribution in [0.1, 0.15) is 31.0 Å². The molecule has 3 aromatic rings. The van der Waals surface area contributed by atoms with Gasteiger partial charge in [-0.15, -0.1) is 10.2 Å². The topological polar surface area (TPSA) is 111 Å². The molecular formula is C18H19N5O4S. The standard InChI is InChI=1S/C18H19N5O4S/c1-10(2)12-6-15(24)20-17-21-22-18(23(12)17)28-8-16(25)19-7-11-3-4-13-14(5-11)27-9-26-13/h3-6,10H,7-9H2,1-2H3,(H,19,25)(H,20,21,24). The highest BCUT2D eigenvalue weighted by molar-refractivity contribution is 7.99. The minimum atomic E-state index is -0.221. The lowest BCUT2D eigenvalue weighted by atomic mass is 10.1. The maximum Gasteiger partial charge on any atom is 0.252 e. The number of H-pyrrole nitrogens is 1. The first-order valence-electron chi connectivity index (χ1n) is 8.77. The van der Waals surface area contributed by atoms with Gasteiger partial charge in [0.05, 0.1) is 5.75 Å². The average molecular weight is 401 g/mol. The van der Waals surface area contributed by atoms with Gasteiger partial charge in [-0.05, 0) is 23.6 Å². The Kier molecular flexibility index (Phi) is 4.95. The van der Waals surface area contributed by atoms with E-state index in [-0.39, 0.29) is 29.9 Å². The lowest BCUT2D eigenvalue weighted by Crippen LogP contribution is -2.24. The van der Waals surface area contributed by atoms with Gasteiger partial charge in [-0.2, -0.15) is 0 Å². The van der Waals surface area contributed by atoms with Gasteiger partial charge in [-0.1, -0.05) is 31.7 Å². The predicted molar refractivity (Wildman–Crippen MR) is 103 cm³/mol. The van der Waals surface area contributed by atoms with E-state index >= 15 is 0 Å². The van der Waals surface area contributed by atoms with Gasteiger partial charge < -0.3 is 14.8 Å². The zero-order chi connectivity index (χ0) is 19.7. The number of nitrogens with zero attached hydrogens (tertiary/aromatic N) is 3. The van der Waals surface area contributed by atoms with Crippen LogP contribution in [0.2, 0.25) is 0 Å². The van der Waals surface area contributed by atoms with E-state index in [4.69, 9.17) is 9.47 Å². The Hall–Kier alpha value is -3.01. The smallest absolute Gasteiger partial charge is 0.252 e. The molecule has 10 heteroatoms. The number of benzene rings is 1. The van der Waals surface area contributed by atoms with Crippen LogP contribution in [0.4, 0.5) is 0 Å². The average Bonchev–Trinajstić information content (AvgIpc) is 3.30. The Labute approximate surface area is 164 Å². The lowest BCUT2D eigenvalue weighted by Gasteiger charge is -2.10. The van der Waals surface area contributed by atoms with Gasteiger partial charge in [0.15, 0.2) is 16.7 Å². The largest absolute Gasteiger partial charge is 0.454 e. The second kappa shape index (κ2) is 7.55. The van der Waals surface area contributed by atoms with E-state index in [2.05, 4.69) is 20.5 Å². The van der Waals surface area contributed by atoms with Crippen molar-refractivity contribution in [3.63, 3.8) is 0 Å². The Bertz CT molecular complexity index is 1090. The first kappa shape index (κ1) is 18.4. The molecule has 2 N–H and O–H groups in total. The highest BCUT2D eigenvalue weighted by Gasteiger charge is 2.16. The van der Waals surface area contributed by atoms with E-state index in [9.17, 15) is 9.59 Å². The van der Waals surface area contributed by atoms with Crippen molar-refractivity contribution in [2.24, 2.45) is 0 Å². The maximum absolute atomic E-state index is 12.3. The third-order valence-electron chi connectivity index (χ3n) is 4.26. The number of fused-ring (bicyclic) bond motifs is 2. The van der Waals surface area contributed by atoms with Crippen molar-refractivity contribution in [3.05, 3.63) is 45.9 Å². The fourth-order valence-electron chi connectivity index (χ4n) is 2.88. The van der Waals surface area contributed by atoms with E-state index in [0.717, 1.165) is 11.3 Å². The third-order valence-corrected chi connectivity index (χ3v) is 5.19. The number of carbonyl (C=O) groups is 1. The number of carbonyl (C=O) groups excluding carboxylic acids is 1. The molecule has 0 saturated heterocycles. The summed E-state index contributed by atoms with van der Waals surface area (Å²) in [5, 5.41) is 11.5. The molecule has 0 spiro atoms. The van der Waals surface area contributed by atoms with Crippen LogP contribution >= 0.6 is 11.8 Å². The number of amides is 1. The Morgan fingerprint density at radius 2 is 2.11 bits per heavy atom. The van der Waals surface area contributed by atoms with Crippen LogP contribution in [0.25, 0.3) is 5.78 Å². The van der Waals surface area contributed by atoms with Gasteiger partial charge in [0.1, 0.15) is 0 Å². The summed E-state index contributed by atoms with van der Waals surface area (Å²) < 4.78 is 12.4. The summed E-state index contributed by atoms with van der Waals surface area (Å²) in [5.74, 6) is 1.94. The molecule has 0 fully saturated rings. The molecule has 4 rings (SSSR count). The summed E-state index contributed by atoms with van der Waals surface area (Å²) in [4.78, 5) is 26.7. The van der Waals surface area contributed by atoms with Crippen LogP contribution in [0.15, 0.2) is 34.2 Å². The SMILES string of the molecule is CC(C)c1cc(=O)[nH]c2nnc(SCC(=O)NCc3ccc4c(c3)OCO4)n12. The summed E-state index contributed by atoms with van der Waals surface area (Å²) >= 11 is 1.27. The van der Waals surface area contributed by atoms with Crippen molar-refractivity contribution >= 4 is 23.4 Å². The Balaban J connectivity index is 1.40. The molecule has 1 aliphatic heterocycles. The molecule has 0 atom stereocenters. The molecule has 0 unspecified atom stereocenters. The third kappa shape index (κ3) is 3.68. The highest BCUT2D eigenvalue weighted by Crippen LogP contribution is 2.32. The van der Waals surface area contributed by atoms with Crippen LogP contribution in [-0.4, -0.2) is 38.0 Å². The number of thioether (sulfide) groups is 1. The number of aromatic amines is 1. The van der Waals surface area contributed by atoms with Crippen LogP contribution in [0, 0.1) is 0 Å². The van der Waals surface area contributed by atoms with E-state index in [1.165, 1.54) is 17.8 Å². The summed E-state index contributed by atoms with van der Waals surface area (Å²) in [6.45, 7) is 4.58. The summed E-state index contributed by atoms with van der Waals surface area (Å²) in [6, 6.07) is 7.10. The molecule has 1 amide bonds. The van der Waals surface area contributed by atoms with E-state index in [1.807, 2.05) is 32.0 Å². The molecule has 28 heavy (non-hydrogen) atoms. The van der Waals surface area contributed by atoms with Gasteiger partial charge in [-0.3, -0.25) is 19.0 Å². The van der Waals surface area contributed by atoms with Crippen molar-refractivity contribution in [3.8, 4) is 11.5 Å². The van der Waals surface area contributed by atoms with E-state index < -0.39 is 0 Å². The van der Waals surface area contributed by atoms with Gasteiger partial charge in [0, 0.05) is 18.3 Å². The number of rotatable bonds is 6. The Morgan fingerprint density at radius 1 is 1.29 bits per heavy atom. The maximum atomic E-state index is 12.3. The van der Waals surface area contributed by atoms with Gasteiger partial charge in [-0.25, -0.2) is 0 Å². The molecule has 1 aromatic carbocycles. The van der Waals surface area contributed by atoms with Crippen molar-refractivity contribution in [1.29, 1.82) is 0 Å². The highest BCUT2D eigenvalue weighted by atomic mass is 32.2. The first-order chi connectivity index (χ1) is 13.5. The summed E-state index contributed by atoms with van der Waals surface area (Å²) in [6.07, 6.45) is 0. The summed E-state index contributed by atoms with van der Waals surface area (Å²) in [5.41, 5.74) is 1.50. The monoisotopic (exact) mass is 401 g/mol. The quantitative estimate of drug-likeness (QED) is 0.605. The molecular weight excluding hydrogens is 382 g/mol. The zero-order valence-electron chi connectivity index (χ0n) is 15.4. The predicted octanol–water partition coefficient (Wildman–Crippen LogP) is 1.68. The normalized spacial score (nSPS) is 12.7. The van der Waals surface area contributed by atoms with Crippen molar-refractivity contribution in [2.45, 2.75) is 31.5 Å².